The summed E-state index contributed by atoms with van der Waals surface area (Å²) in [6.07, 6.45) is 5.91. The van der Waals surface area contributed by atoms with Crippen LogP contribution in [0.25, 0.3) is 5.69 Å². The van der Waals surface area contributed by atoms with Crippen molar-refractivity contribution in [2.75, 3.05) is 13.1 Å². The number of aromatic nitrogens is 2. The molecule has 144 valence electrons. The molecule has 1 aliphatic rings. The van der Waals surface area contributed by atoms with Gasteiger partial charge >= 0.3 is 0 Å². The van der Waals surface area contributed by atoms with E-state index in [1.165, 1.54) is 6.42 Å². The average molecular weight is 368 g/mol. The lowest BCUT2D eigenvalue weighted by molar-refractivity contribution is -0.124. The quantitative estimate of drug-likeness (QED) is 0.882. The fourth-order valence-electron chi connectivity index (χ4n) is 3.30. The van der Waals surface area contributed by atoms with Crippen LogP contribution in [0.4, 0.5) is 0 Å². The number of amides is 2. The van der Waals surface area contributed by atoms with Crippen LogP contribution in [0.5, 0.6) is 0 Å². The van der Waals surface area contributed by atoms with Gasteiger partial charge in [0.2, 0.25) is 5.91 Å². The molecular weight excluding hydrogens is 340 g/mol. The molecule has 1 aliphatic heterocycles. The molecule has 2 amide bonds. The monoisotopic (exact) mass is 368 g/mol. The number of nitrogens with one attached hydrogen (secondary N) is 1. The second-order valence-electron chi connectivity index (χ2n) is 7.71. The number of carbonyl (C=O) groups excluding carboxylic acids is 2. The molecule has 0 radical (unpaired) electrons. The van der Waals surface area contributed by atoms with E-state index in [2.05, 4.69) is 17.3 Å². The minimum absolute atomic E-state index is 0.0256. The topological polar surface area (TPSA) is 67.2 Å². The molecule has 1 fully saturated rings. The van der Waals surface area contributed by atoms with Gasteiger partial charge in [0.1, 0.15) is 0 Å². The molecule has 0 bridgehead atoms. The van der Waals surface area contributed by atoms with Gasteiger partial charge in [-0.3, -0.25) is 9.59 Å². The van der Waals surface area contributed by atoms with Crippen LogP contribution in [0.1, 0.15) is 49.5 Å². The zero-order valence-electron chi connectivity index (χ0n) is 16.3. The first kappa shape index (κ1) is 19.1. The van der Waals surface area contributed by atoms with Gasteiger partial charge < -0.3 is 10.2 Å². The lowest BCUT2D eigenvalue weighted by atomic mass is 9.99. The smallest absolute Gasteiger partial charge is 0.253 e. The van der Waals surface area contributed by atoms with Gasteiger partial charge in [0.15, 0.2) is 0 Å². The van der Waals surface area contributed by atoms with Gasteiger partial charge in [-0.2, -0.15) is 5.10 Å². The van der Waals surface area contributed by atoms with Crippen LogP contribution in [0.15, 0.2) is 36.7 Å². The molecule has 2 heterocycles. The van der Waals surface area contributed by atoms with Crippen molar-refractivity contribution in [1.82, 2.24) is 20.0 Å². The molecule has 6 heteroatoms. The maximum absolute atomic E-state index is 12.7. The predicted octanol–water partition coefficient (Wildman–Crippen LogP) is 3.02. The third kappa shape index (κ3) is 4.76. The fraction of sp³-hybridized carbons (Fsp3) is 0.476. The summed E-state index contributed by atoms with van der Waals surface area (Å²) >= 11 is 0. The Morgan fingerprint density at radius 1 is 1.26 bits per heavy atom. The second kappa shape index (κ2) is 8.37. The highest BCUT2D eigenvalue weighted by molar-refractivity contribution is 5.94. The highest BCUT2D eigenvalue weighted by Gasteiger charge is 2.21. The standard InChI is InChI=1S/C21H28N4O2/c1-15(2)20(26)22-11-17-12-23-25(14-17)19-8-6-18(7-9-19)21(27)24-10-4-5-16(3)13-24/h6-9,12,14-16H,4-5,10-11,13H2,1-3H3,(H,22,26)/t16-/m1/s1. The lowest BCUT2D eigenvalue weighted by Gasteiger charge is -2.31. The molecule has 1 atom stereocenters. The minimum atomic E-state index is -0.0342. The van der Waals surface area contributed by atoms with E-state index in [9.17, 15) is 9.59 Å². The lowest BCUT2D eigenvalue weighted by Crippen LogP contribution is -2.39. The van der Waals surface area contributed by atoms with Crippen LogP contribution in [-0.4, -0.2) is 39.6 Å². The predicted molar refractivity (Wildman–Crippen MR) is 105 cm³/mol. The van der Waals surface area contributed by atoms with E-state index in [0.717, 1.165) is 30.8 Å². The summed E-state index contributed by atoms with van der Waals surface area (Å²) < 4.78 is 1.76. The number of likely N-dealkylation sites (tertiary alicyclic amines) is 1. The van der Waals surface area contributed by atoms with Crippen LogP contribution in [0, 0.1) is 11.8 Å². The van der Waals surface area contributed by atoms with Crippen LogP contribution >= 0.6 is 0 Å². The molecule has 1 aromatic carbocycles. The molecule has 6 nitrogen and oxygen atoms in total. The Labute approximate surface area is 160 Å². The Balaban J connectivity index is 1.63. The van der Waals surface area contributed by atoms with Crippen molar-refractivity contribution >= 4 is 11.8 Å². The summed E-state index contributed by atoms with van der Waals surface area (Å²) in [6.45, 7) is 8.07. The van der Waals surface area contributed by atoms with Crippen LogP contribution < -0.4 is 5.32 Å². The fourth-order valence-corrected chi connectivity index (χ4v) is 3.30. The molecule has 1 N–H and O–H groups in total. The van der Waals surface area contributed by atoms with Gasteiger partial charge in [0.25, 0.3) is 5.91 Å². The third-order valence-electron chi connectivity index (χ3n) is 4.95. The highest BCUT2D eigenvalue weighted by Crippen LogP contribution is 2.19. The van der Waals surface area contributed by atoms with Crippen molar-refractivity contribution in [2.45, 2.75) is 40.2 Å². The number of carbonyl (C=O) groups is 2. The first-order chi connectivity index (χ1) is 12.9. The van der Waals surface area contributed by atoms with E-state index in [4.69, 9.17) is 0 Å². The summed E-state index contributed by atoms with van der Waals surface area (Å²) in [5, 5.41) is 7.24. The number of piperidine rings is 1. The van der Waals surface area contributed by atoms with E-state index in [0.29, 0.717) is 18.0 Å². The van der Waals surface area contributed by atoms with Gasteiger partial charge in [-0.05, 0) is 43.0 Å². The van der Waals surface area contributed by atoms with Gasteiger partial charge in [-0.15, -0.1) is 0 Å². The molecule has 2 aromatic rings. The molecule has 0 aliphatic carbocycles. The Morgan fingerprint density at radius 2 is 2.00 bits per heavy atom. The number of hydrogen-bond acceptors (Lipinski definition) is 3. The molecule has 0 saturated carbocycles. The Morgan fingerprint density at radius 3 is 2.67 bits per heavy atom. The second-order valence-corrected chi connectivity index (χ2v) is 7.71. The Bertz CT molecular complexity index is 795. The molecule has 3 rings (SSSR count). The Hall–Kier alpha value is -2.63. The van der Waals surface area contributed by atoms with Crippen molar-refractivity contribution in [3.8, 4) is 5.69 Å². The van der Waals surface area contributed by atoms with Gasteiger partial charge in [-0.1, -0.05) is 20.8 Å². The summed E-state index contributed by atoms with van der Waals surface area (Å²) in [7, 11) is 0. The highest BCUT2D eigenvalue weighted by atomic mass is 16.2. The Kier molecular flexibility index (Phi) is 5.94. The minimum Gasteiger partial charge on any atom is -0.352 e. The number of rotatable bonds is 5. The van der Waals surface area contributed by atoms with Gasteiger partial charge in [0.05, 0.1) is 11.9 Å². The maximum atomic E-state index is 12.7. The zero-order valence-corrected chi connectivity index (χ0v) is 16.3. The molecule has 0 unspecified atom stereocenters. The van der Waals surface area contributed by atoms with Crippen molar-refractivity contribution in [2.24, 2.45) is 11.8 Å². The van der Waals surface area contributed by atoms with Crippen LogP contribution in [0.2, 0.25) is 0 Å². The van der Waals surface area contributed by atoms with Crippen molar-refractivity contribution in [3.05, 3.63) is 47.8 Å². The molecule has 1 aromatic heterocycles. The van der Waals surface area contributed by atoms with E-state index in [-0.39, 0.29) is 17.7 Å². The summed E-state index contributed by atoms with van der Waals surface area (Å²) in [5.41, 5.74) is 2.54. The molecule has 1 saturated heterocycles. The zero-order chi connectivity index (χ0) is 19.4. The van der Waals surface area contributed by atoms with Crippen molar-refractivity contribution < 1.29 is 9.59 Å². The van der Waals surface area contributed by atoms with Gasteiger partial charge in [0, 0.05) is 42.9 Å². The normalized spacial score (nSPS) is 17.2. The number of benzene rings is 1. The SMILES string of the molecule is CC(C)C(=O)NCc1cnn(-c2ccc(C(=O)N3CCC[C@@H](C)C3)cc2)c1. The van der Waals surface area contributed by atoms with E-state index >= 15 is 0 Å². The van der Waals surface area contributed by atoms with E-state index in [1.54, 1.807) is 10.9 Å². The number of nitrogens with zero attached hydrogens (tertiary/aromatic N) is 3. The van der Waals surface area contributed by atoms with Crippen LogP contribution in [0.3, 0.4) is 0 Å². The summed E-state index contributed by atoms with van der Waals surface area (Å²) in [6, 6.07) is 7.53. The number of hydrogen-bond donors (Lipinski definition) is 1. The average Bonchev–Trinajstić information content (AvgIpc) is 3.14. The third-order valence-corrected chi connectivity index (χ3v) is 4.95. The van der Waals surface area contributed by atoms with Gasteiger partial charge in [-0.25, -0.2) is 4.68 Å². The molecular formula is C21H28N4O2. The van der Waals surface area contributed by atoms with E-state index < -0.39 is 0 Å². The summed E-state index contributed by atoms with van der Waals surface area (Å²) in [5.74, 6) is 0.664. The van der Waals surface area contributed by atoms with Crippen LogP contribution in [-0.2, 0) is 11.3 Å². The van der Waals surface area contributed by atoms with E-state index in [1.807, 2.05) is 49.2 Å². The maximum Gasteiger partial charge on any atom is 0.253 e. The van der Waals surface area contributed by atoms with Crippen molar-refractivity contribution in [1.29, 1.82) is 0 Å². The first-order valence-electron chi connectivity index (χ1n) is 9.65. The van der Waals surface area contributed by atoms with Crippen molar-refractivity contribution in [3.63, 3.8) is 0 Å². The summed E-state index contributed by atoms with van der Waals surface area (Å²) in [4.78, 5) is 26.3. The largest absolute Gasteiger partial charge is 0.352 e. The first-order valence-corrected chi connectivity index (χ1v) is 9.65. The molecule has 0 spiro atoms. The molecule has 27 heavy (non-hydrogen) atoms.